The van der Waals surface area contributed by atoms with Gasteiger partial charge in [0.25, 0.3) is 0 Å². The summed E-state index contributed by atoms with van der Waals surface area (Å²) in [7, 11) is 0. The second-order valence-corrected chi connectivity index (χ2v) is 9.21. The van der Waals surface area contributed by atoms with Crippen molar-refractivity contribution in [3.8, 4) is 5.75 Å². The number of phenolic OH excluding ortho intramolecular Hbond substituents is 1. The Morgan fingerprint density at radius 1 is 0.667 bits per heavy atom. The molecule has 5 nitrogen and oxygen atoms in total. The van der Waals surface area contributed by atoms with Gasteiger partial charge in [-0.25, -0.2) is 0 Å². The van der Waals surface area contributed by atoms with E-state index in [-0.39, 0.29) is 45.6 Å². The summed E-state index contributed by atoms with van der Waals surface area (Å²) in [6.45, 7) is 11.0. The van der Waals surface area contributed by atoms with Gasteiger partial charge in [-0.2, -0.15) is 0 Å². The number of rotatable bonds is 6. The Bertz CT molecular complexity index is 941. The van der Waals surface area contributed by atoms with Gasteiger partial charge in [0.15, 0.2) is 0 Å². The first kappa shape index (κ1) is 33.7. The van der Waals surface area contributed by atoms with Crippen molar-refractivity contribution in [3.63, 3.8) is 0 Å². The van der Waals surface area contributed by atoms with Crippen LogP contribution in [0, 0.1) is 5.92 Å². The van der Waals surface area contributed by atoms with E-state index in [1.165, 1.54) is 0 Å². The molecule has 0 heterocycles. The summed E-state index contributed by atoms with van der Waals surface area (Å²) in [5, 5.41) is 38.1. The zero-order chi connectivity index (χ0) is 26.4. The second-order valence-electron chi connectivity index (χ2n) is 9.21. The van der Waals surface area contributed by atoms with E-state index in [1.807, 2.05) is 80.6 Å². The van der Waals surface area contributed by atoms with Crippen molar-refractivity contribution in [1.82, 2.24) is 0 Å². The van der Waals surface area contributed by atoms with Crippen LogP contribution >= 0.6 is 0 Å². The summed E-state index contributed by atoms with van der Waals surface area (Å²) in [6, 6.07) is 25.9. The Balaban J connectivity index is 0.00000119. The molecule has 3 rings (SSSR count). The zero-order valence-corrected chi connectivity index (χ0v) is 23.8. The number of aromatic hydroxyl groups is 1. The maximum atomic E-state index is 12.0. The van der Waals surface area contributed by atoms with Gasteiger partial charge < -0.3 is 20.4 Å². The van der Waals surface area contributed by atoms with Crippen LogP contribution in [-0.2, 0) is 27.3 Å². The number of phenols is 1. The van der Waals surface area contributed by atoms with E-state index in [1.54, 1.807) is 52.1 Å². The number of nitrogens with zero attached hydrogens (tertiary/aromatic N) is 1. The Hall–Kier alpha value is -2.28. The van der Waals surface area contributed by atoms with Crippen LogP contribution in [0.2, 0.25) is 0 Å². The van der Waals surface area contributed by atoms with E-state index >= 15 is 0 Å². The zero-order valence-electron chi connectivity index (χ0n) is 22.2. The summed E-state index contributed by atoms with van der Waals surface area (Å²) < 4.78 is 0. The molecule has 194 valence electrons. The maximum Gasteiger partial charge on any atom is 0.137 e. The van der Waals surface area contributed by atoms with E-state index in [0.29, 0.717) is 5.56 Å². The predicted molar refractivity (Wildman–Crippen MR) is 145 cm³/mol. The molecule has 0 saturated heterocycles. The first-order chi connectivity index (χ1) is 16.5. The van der Waals surface area contributed by atoms with Crippen molar-refractivity contribution in [2.75, 3.05) is 0 Å². The first-order valence-corrected chi connectivity index (χ1v) is 12.0. The number of hydrogen-bond donors (Lipinski definition) is 4. The molecule has 3 aromatic rings. The fourth-order valence-corrected chi connectivity index (χ4v) is 3.41. The van der Waals surface area contributed by atoms with Gasteiger partial charge in [-0.3, -0.25) is 4.99 Å². The van der Waals surface area contributed by atoms with Crippen LogP contribution in [0.3, 0.4) is 0 Å². The van der Waals surface area contributed by atoms with Crippen molar-refractivity contribution in [1.29, 1.82) is 0 Å². The maximum absolute atomic E-state index is 12.0. The van der Waals surface area contributed by atoms with E-state index in [4.69, 9.17) is 15.2 Å². The number of benzene rings is 3. The van der Waals surface area contributed by atoms with Gasteiger partial charge in [-0.05, 0) is 56.9 Å². The van der Waals surface area contributed by atoms with Crippen molar-refractivity contribution >= 4 is 6.21 Å². The van der Waals surface area contributed by atoms with Gasteiger partial charge in [0.2, 0.25) is 0 Å². The molecule has 1 atom stereocenters. The molecule has 36 heavy (non-hydrogen) atoms. The van der Waals surface area contributed by atoms with Gasteiger partial charge in [0.1, 0.15) is 11.4 Å². The summed E-state index contributed by atoms with van der Waals surface area (Å²) in [4.78, 5) is 4.74. The molecule has 0 spiro atoms. The monoisotopic (exact) mass is 527 g/mol. The molecule has 3 aromatic carbocycles. The van der Waals surface area contributed by atoms with Gasteiger partial charge in [0.05, 0.1) is 6.04 Å². The molecule has 0 radical (unpaired) electrons. The molecule has 0 fully saturated rings. The third-order valence-electron chi connectivity index (χ3n) is 4.80. The minimum Gasteiger partial charge on any atom is -0.507 e. The van der Waals surface area contributed by atoms with E-state index < -0.39 is 11.6 Å². The Morgan fingerprint density at radius 2 is 1.03 bits per heavy atom. The predicted octanol–water partition coefficient (Wildman–Crippen LogP) is 5.54. The minimum absolute atomic E-state index is 0. The molecule has 0 aliphatic rings. The van der Waals surface area contributed by atoms with Crippen LogP contribution in [0.15, 0.2) is 89.9 Å². The second kappa shape index (κ2) is 17.2. The number of para-hydroxylation sites is 1. The normalized spacial score (nSPS) is 11.9. The fourth-order valence-electron chi connectivity index (χ4n) is 3.41. The van der Waals surface area contributed by atoms with Crippen molar-refractivity contribution in [2.45, 2.75) is 65.4 Å². The summed E-state index contributed by atoms with van der Waals surface area (Å²) in [6.07, 6.45) is 1.32. The number of hydrogen-bond acceptors (Lipinski definition) is 5. The summed E-state index contributed by atoms with van der Waals surface area (Å²) in [5.41, 5.74) is 0.942. The SMILES string of the molecule is CC(C)O.CC(C)O.CC(C)[C@H](N=Cc1ccccc1O)C(O)(c1ccccc1)c1ccccc1.[Ti]. The summed E-state index contributed by atoms with van der Waals surface area (Å²) in [5.74, 6) is 0.240. The van der Waals surface area contributed by atoms with Crippen molar-refractivity contribution in [2.24, 2.45) is 10.9 Å². The molecule has 0 amide bonds. The standard InChI is InChI=1S/C24H25NO2.2C3H8O.Ti/c1-18(2)23(25-17-19-11-9-10-16-22(19)26)24(27,20-12-5-3-6-13-20)21-14-7-4-8-15-21;2*1-3(2)4;/h3-18,23,26-27H,1-2H3;2*3-4H,1-2H3;/t23-;;;/m0.../s1. The smallest absolute Gasteiger partial charge is 0.137 e. The molecular formula is C30H41NO4Ti. The molecule has 0 bridgehead atoms. The van der Waals surface area contributed by atoms with Crippen LogP contribution in [-0.4, -0.2) is 44.9 Å². The van der Waals surface area contributed by atoms with Crippen LogP contribution in [0.1, 0.15) is 58.2 Å². The molecule has 4 N–H and O–H groups in total. The molecule has 6 heteroatoms. The Morgan fingerprint density at radius 3 is 1.39 bits per heavy atom. The third kappa shape index (κ3) is 11.2. The quantitative estimate of drug-likeness (QED) is 0.250. The van der Waals surface area contributed by atoms with Gasteiger partial charge >= 0.3 is 0 Å². The summed E-state index contributed by atoms with van der Waals surface area (Å²) >= 11 is 0. The minimum atomic E-state index is -1.28. The van der Waals surface area contributed by atoms with E-state index in [2.05, 4.69) is 0 Å². The molecule has 0 aliphatic heterocycles. The number of aliphatic imine (C=N–C) groups is 1. The fraction of sp³-hybridized carbons (Fsp3) is 0.367. The van der Waals surface area contributed by atoms with E-state index in [9.17, 15) is 10.2 Å². The Kier molecular flexibility index (Phi) is 16.1. The molecule has 0 unspecified atom stereocenters. The van der Waals surface area contributed by atoms with Crippen molar-refractivity contribution in [3.05, 3.63) is 102 Å². The van der Waals surface area contributed by atoms with E-state index in [0.717, 1.165) is 11.1 Å². The molecule has 0 aliphatic carbocycles. The van der Waals surface area contributed by atoms with Gasteiger partial charge in [0, 0.05) is 45.7 Å². The average Bonchev–Trinajstić information content (AvgIpc) is 2.80. The molecule has 0 aromatic heterocycles. The number of aliphatic hydroxyl groups is 3. The molecular weight excluding hydrogens is 486 g/mol. The average molecular weight is 528 g/mol. The first-order valence-electron chi connectivity index (χ1n) is 12.0. The molecule has 0 saturated carbocycles. The topological polar surface area (TPSA) is 93.3 Å². The third-order valence-corrected chi connectivity index (χ3v) is 4.80. The van der Waals surface area contributed by atoms with Crippen LogP contribution < -0.4 is 0 Å². The van der Waals surface area contributed by atoms with Crippen LogP contribution in [0.5, 0.6) is 5.75 Å². The van der Waals surface area contributed by atoms with Crippen molar-refractivity contribution < 1.29 is 42.1 Å². The number of aliphatic hydroxyl groups excluding tert-OH is 2. The van der Waals surface area contributed by atoms with Gasteiger partial charge in [-0.15, -0.1) is 0 Å². The Labute approximate surface area is 231 Å². The van der Waals surface area contributed by atoms with Gasteiger partial charge in [-0.1, -0.05) is 86.6 Å². The van der Waals surface area contributed by atoms with Crippen LogP contribution in [0.25, 0.3) is 0 Å². The largest absolute Gasteiger partial charge is 0.507 e. The van der Waals surface area contributed by atoms with Crippen LogP contribution in [0.4, 0.5) is 0 Å².